The predicted molar refractivity (Wildman–Crippen MR) is 75.7 cm³/mol. The highest BCUT2D eigenvalue weighted by Gasteiger charge is 2.16. The van der Waals surface area contributed by atoms with E-state index in [1.165, 1.54) is 24.5 Å². The third kappa shape index (κ3) is 2.88. The average Bonchev–Trinajstić information content (AvgIpc) is 3.17. The number of hydrogen-bond donors (Lipinski definition) is 2. The normalized spacial score (nSPS) is 10.6. The van der Waals surface area contributed by atoms with Gasteiger partial charge in [-0.1, -0.05) is 16.8 Å². The van der Waals surface area contributed by atoms with Crippen molar-refractivity contribution >= 4 is 34.8 Å². The lowest BCUT2D eigenvalue weighted by Gasteiger charge is -1.95. The maximum atomic E-state index is 12.0. The SMILES string of the molecule is COc1n[nH]c(NC(=O)c2cc(-c3ccc(Cl)s3)on2)n1. The van der Waals surface area contributed by atoms with E-state index in [0.717, 1.165) is 4.88 Å². The van der Waals surface area contributed by atoms with Crippen LogP contribution < -0.4 is 10.1 Å². The largest absolute Gasteiger partial charge is 0.466 e. The number of aromatic nitrogens is 4. The van der Waals surface area contributed by atoms with Gasteiger partial charge in [0.15, 0.2) is 11.5 Å². The third-order valence-corrected chi connectivity index (χ3v) is 3.68. The first kappa shape index (κ1) is 13.6. The van der Waals surface area contributed by atoms with E-state index in [9.17, 15) is 4.79 Å². The van der Waals surface area contributed by atoms with Crippen LogP contribution in [0.1, 0.15) is 10.5 Å². The molecule has 0 fully saturated rings. The van der Waals surface area contributed by atoms with Gasteiger partial charge >= 0.3 is 6.01 Å². The van der Waals surface area contributed by atoms with Crippen molar-refractivity contribution in [1.29, 1.82) is 0 Å². The minimum absolute atomic E-state index is 0.116. The van der Waals surface area contributed by atoms with Crippen LogP contribution in [0.3, 0.4) is 0 Å². The van der Waals surface area contributed by atoms with Gasteiger partial charge in [0.2, 0.25) is 5.95 Å². The van der Waals surface area contributed by atoms with Crippen molar-refractivity contribution in [3.63, 3.8) is 0 Å². The molecule has 3 rings (SSSR count). The van der Waals surface area contributed by atoms with Crippen molar-refractivity contribution in [2.24, 2.45) is 0 Å². The zero-order chi connectivity index (χ0) is 14.8. The molecule has 0 aliphatic carbocycles. The molecule has 0 saturated carbocycles. The third-order valence-electron chi connectivity index (χ3n) is 2.44. The van der Waals surface area contributed by atoms with Gasteiger partial charge in [-0.05, 0) is 12.1 Å². The number of hydrogen-bond acceptors (Lipinski definition) is 7. The molecule has 3 aromatic heterocycles. The molecule has 0 bridgehead atoms. The highest BCUT2D eigenvalue weighted by atomic mass is 35.5. The summed E-state index contributed by atoms with van der Waals surface area (Å²) in [4.78, 5) is 16.6. The Labute approximate surface area is 127 Å². The number of carbonyl (C=O) groups excluding carboxylic acids is 1. The Bertz CT molecular complexity index is 780. The van der Waals surface area contributed by atoms with Crippen LogP contribution in [-0.4, -0.2) is 33.4 Å². The fourth-order valence-electron chi connectivity index (χ4n) is 1.51. The summed E-state index contributed by atoms with van der Waals surface area (Å²) in [6.45, 7) is 0. The molecule has 0 aliphatic rings. The molecule has 0 unspecified atom stereocenters. The zero-order valence-electron chi connectivity index (χ0n) is 10.6. The molecule has 10 heteroatoms. The Morgan fingerprint density at radius 1 is 1.52 bits per heavy atom. The van der Waals surface area contributed by atoms with Gasteiger partial charge < -0.3 is 9.26 Å². The molecule has 0 aliphatic heterocycles. The lowest BCUT2D eigenvalue weighted by atomic mass is 10.3. The molecule has 3 aromatic rings. The highest BCUT2D eigenvalue weighted by Crippen LogP contribution is 2.31. The van der Waals surface area contributed by atoms with Crippen LogP contribution in [0.4, 0.5) is 5.95 Å². The summed E-state index contributed by atoms with van der Waals surface area (Å²) in [6, 6.07) is 5.17. The summed E-state index contributed by atoms with van der Waals surface area (Å²) in [5.41, 5.74) is 0.116. The first-order valence-corrected chi connectivity index (χ1v) is 6.85. The maximum Gasteiger partial charge on any atom is 0.336 e. The molecule has 0 saturated heterocycles. The van der Waals surface area contributed by atoms with Gasteiger partial charge in [0.25, 0.3) is 5.91 Å². The van der Waals surface area contributed by atoms with Crippen LogP contribution in [0.5, 0.6) is 6.01 Å². The van der Waals surface area contributed by atoms with Crippen LogP contribution in [0.15, 0.2) is 22.7 Å². The monoisotopic (exact) mass is 325 g/mol. The van der Waals surface area contributed by atoms with E-state index in [1.54, 1.807) is 12.1 Å². The van der Waals surface area contributed by atoms with Crippen molar-refractivity contribution < 1.29 is 14.1 Å². The van der Waals surface area contributed by atoms with Gasteiger partial charge in [-0.2, -0.15) is 4.98 Å². The van der Waals surface area contributed by atoms with Gasteiger partial charge in [0, 0.05) is 6.07 Å². The Hall–Kier alpha value is -2.39. The summed E-state index contributed by atoms with van der Waals surface area (Å²) in [5, 5.41) is 12.4. The van der Waals surface area contributed by atoms with Crippen molar-refractivity contribution in [2.45, 2.75) is 0 Å². The lowest BCUT2D eigenvalue weighted by molar-refractivity contribution is 0.101. The van der Waals surface area contributed by atoms with Crippen LogP contribution >= 0.6 is 22.9 Å². The van der Waals surface area contributed by atoms with Gasteiger partial charge in [0.1, 0.15) is 0 Å². The Kier molecular flexibility index (Phi) is 3.59. The van der Waals surface area contributed by atoms with Crippen LogP contribution in [0.2, 0.25) is 4.34 Å². The average molecular weight is 326 g/mol. The van der Waals surface area contributed by atoms with Crippen molar-refractivity contribution in [3.8, 4) is 16.6 Å². The zero-order valence-corrected chi connectivity index (χ0v) is 12.2. The van der Waals surface area contributed by atoms with Gasteiger partial charge in [-0.3, -0.25) is 10.1 Å². The van der Waals surface area contributed by atoms with Gasteiger partial charge in [0.05, 0.1) is 16.3 Å². The number of halogens is 1. The minimum atomic E-state index is -0.480. The second-order valence-corrected chi connectivity index (χ2v) is 5.52. The number of nitrogens with zero attached hydrogens (tertiary/aromatic N) is 3. The number of nitrogens with one attached hydrogen (secondary N) is 2. The summed E-state index contributed by atoms with van der Waals surface area (Å²) >= 11 is 7.18. The van der Waals surface area contributed by atoms with E-state index >= 15 is 0 Å². The van der Waals surface area contributed by atoms with E-state index in [1.807, 2.05) is 0 Å². The highest BCUT2D eigenvalue weighted by molar-refractivity contribution is 7.19. The second kappa shape index (κ2) is 5.54. The molecule has 0 atom stereocenters. The number of rotatable bonds is 4. The summed E-state index contributed by atoms with van der Waals surface area (Å²) < 4.78 is 10.5. The summed E-state index contributed by atoms with van der Waals surface area (Å²) in [6.07, 6.45) is 0. The molecule has 1 amide bonds. The van der Waals surface area contributed by atoms with Crippen LogP contribution in [0.25, 0.3) is 10.6 Å². The number of aromatic amines is 1. The topological polar surface area (TPSA) is 106 Å². The quantitative estimate of drug-likeness (QED) is 0.763. The van der Waals surface area contributed by atoms with Crippen molar-refractivity contribution in [1.82, 2.24) is 20.3 Å². The van der Waals surface area contributed by atoms with Crippen molar-refractivity contribution in [2.75, 3.05) is 12.4 Å². The predicted octanol–water partition coefficient (Wildman–Crippen LogP) is 2.44. The molecule has 0 aromatic carbocycles. The van der Waals surface area contributed by atoms with Crippen LogP contribution in [-0.2, 0) is 0 Å². The number of H-pyrrole nitrogens is 1. The molecular weight excluding hydrogens is 318 g/mol. The van der Waals surface area contributed by atoms with Gasteiger partial charge in [-0.25, -0.2) is 5.10 Å². The molecule has 0 spiro atoms. The van der Waals surface area contributed by atoms with E-state index in [2.05, 4.69) is 25.7 Å². The first-order chi connectivity index (χ1) is 10.2. The number of anilines is 1. The van der Waals surface area contributed by atoms with E-state index < -0.39 is 5.91 Å². The maximum absolute atomic E-state index is 12.0. The first-order valence-electron chi connectivity index (χ1n) is 5.66. The molecule has 2 N–H and O–H groups in total. The smallest absolute Gasteiger partial charge is 0.336 e. The van der Waals surface area contributed by atoms with Gasteiger partial charge in [-0.15, -0.1) is 16.4 Å². The minimum Gasteiger partial charge on any atom is -0.466 e. The number of carbonyl (C=O) groups is 1. The fraction of sp³-hybridized carbons (Fsp3) is 0.0909. The van der Waals surface area contributed by atoms with E-state index in [0.29, 0.717) is 10.1 Å². The Balaban J connectivity index is 1.75. The fourth-order valence-corrected chi connectivity index (χ4v) is 2.50. The molecular formula is C11H8ClN5O3S. The molecule has 108 valence electrons. The standard InChI is InChI=1S/C11H8ClN5O3S/c1-19-11-14-10(15-16-11)13-9(18)5-4-6(20-17-5)7-2-3-8(12)21-7/h2-4H,1H3,(H2,13,14,15,16,18). The molecule has 8 nitrogen and oxygen atoms in total. The Morgan fingerprint density at radius 2 is 2.38 bits per heavy atom. The summed E-state index contributed by atoms with van der Waals surface area (Å²) in [5.74, 6) is 0.138. The van der Waals surface area contributed by atoms with E-state index in [4.69, 9.17) is 20.9 Å². The number of ether oxygens (including phenoxy) is 1. The molecule has 0 radical (unpaired) electrons. The molecule has 3 heterocycles. The summed E-state index contributed by atoms with van der Waals surface area (Å²) in [7, 11) is 1.42. The van der Waals surface area contributed by atoms with E-state index in [-0.39, 0.29) is 17.7 Å². The number of thiophene rings is 1. The second-order valence-electron chi connectivity index (χ2n) is 3.81. The lowest BCUT2D eigenvalue weighted by Crippen LogP contribution is -2.13. The number of amides is 1. The molecule has 21 heavy (non-hydrogen) atoms. The number of methoxy groups -OCH3 is 1. The Morgan fingerprint density at radius 3 is 3.05 bits per heavy atom. The van der Waals surface area contributed by atoms with Crippen LogP contribution in [0, 0.1) is 0 Å². The van der Waals surface area contributed by atoms with Crippen molar-refractivity contribution in [3.05, 3.63) is 28.2 Å².